The number of esters is 1. The summed E-state index contributed by atoms with van der Waals surface area (Å²) in [5.74, 6) is -0.416. The van der Waals surface area contributed by atoms with E-state index in [2.05, 4.69) is 9.97 Å². The van der Waals surface area contributed by atoms with Crippen LogP contribution in [0.5, 0.6) is 0 Å². The molecular formula is C10H14N4O4. The largest absolute Gasteiger partial charge is 0.463 e. The molecule has 1 saturated heterocycles. The van der Waals surface area contributed by atoms with Crippen molar-refractivity contribution < 1.29 is 14.3 Å². The van der Waals surface area contributed by atoms with Gasteiger partial charge in [-0.2, -0.15) is 4.98 Å². The number of anilines is 1. The third-order valence-electron chi connectivity index (χ3n) is 2.61. The van der Waals surface area contributed by atoms with Gasteiger partial charge in [0.2, 0.25) is 5.95 Å². The van der Waals surface area contributed by atoms with Crippen LogP contribution in [0.4, 0.5) is 5.95 Å². The molecule has 2 unspecified atom stereocenters. The third kappa shape index (κ3) is 2.83. The SMILES string of the molecule is CC(=O)OCC1CCC(n2cnc(N)nc2=O)O1. The van der Waals surface area contributed by atoms with Gasteiger partial charge in [-0.05, 0) is 12.8 Å². The molecule has 2 heterocycles. The van der Waals surface area contributed by atoms with Gasteiger partial charge in [-0.3, -0.25) is 9.36 Å². The molecule has 1 aliphatic rings. The second-order valence-corrected chi connectivity index (χ2v) is 4.00. The molecule has 2 atom stereocenters. The van der Waals surface area contributed by atoms with Crippen molar-refractivity contribution in [3.05, 3.63) is 16.8 Å². The summed E-state index contributed by atoms with van der Waals surface area (Å²) < 4.78 is 11.7. The fourth-order valence-electron chi connectivity index (χ4n) is 1.78. The van der Waals surface area contributed by atoms with E-state index in [1.54, 1.807) is 0 Å². The number of rotatable bonds is 3. The van der Waals surface area contributed by atoms with E-state index in [-0.39, 0.29) is 24.6 Å². The standard InChI is InChI=1S/C10H14N4O4/c1-6(15)17-4-7-2-3-8(18-7)14-5-12-9(11)13-10(14)16/h5,7-8H,2-4H2,1H3,(H2,11,13,16). The lowest BCUT2D eigenvalue weighted by atomic mass is 10.2. The van der Waals surface area contributed by atoms with E-state index < -0.39 is 11.9 Å². The van der Waals surface area contributed by atoms with Crippen molar-refractivity contribution in [1.29, 1.82) is 0 Å². The normalized spacial score (nSPS) is 22.9. The molecule has 0 radical (unpaired) electrons. The Bertz CT molecular complexity index is 501. The highest BCUT2D eigenvalue weighted by atomic mass is 16.6. The molecule has 8 heteroatoms. The number of carbonyl (C=O) groups excluding carboxylic acids is 1. The lowest BCUT2D eigenvalue weighted by Crippen LogP contribution is -2.29. The van der Waals surface area contributed by atoms with Crippen LogP contribution in [0.25, 0.3) is 0 Å². The first-order valence-electron chi connectivity index (χ1n) is 5.55. The molecular weight excluding hydrogens is 240 g/mol. The van der Waals surface area contributed by atoms with Crippen LogP contribution in [0.1, 0.15) is 26.0 Å². The van der Waals surface area contributed by atoms with Crippen LogP contribution in [0.2, 0.25) is 0 Å². The maximum absolute atomic E-state index is 11.6. The molecule has 8 nitrogen and oxygen atoms in total. The summed E-state index contributed by atoms with van der Waals surface area (Å²) in [5.41, 5.74) is 4.80. The highest BCUT2D eigenvalue weighted by Crippen LogP contribution is 2.26. The minimum Gasteiger partial charge on any atom is -0.463 e. The molecule has 1 aromatic heterocycles. The summed E-state index contributed by atoms with van der Waals surface area (Å²) in [6.45, 7) is 1.53. The van der Waals surface area contributed by atoms with E-state index >= 15 is 0 Å². The smallest absolute Gasteiger partial charge is 0.354 e. The fraction of sp³-hybridized carbons (Fsp3) is 0.600. The van der Waals surface area contributed by atoms with Gasteiger partial charge in [-0.1, -0.05) is 0 Å². The first kappa shape index (κ1) is 12.5. The summed E-state index contributed by atoms with van der Waals surface area (Å²) in [6, 6.07) is 0. The predicted octanol–water partition coefficient (Wildman–Crippen LogP) is -0.539. The Kier molecular flexibility index (Phi) is 3.56. The lowest BCUT2D eigenvalue weighted by Gasteiger charge is -2.14. The van der Waals surface area contributed by atoms with E-state index in [0.717, 1.165) is 0 Å². The average molecular weight is 254 g/mol. The summed E-state index contributed by atoms with van der Waals surface area (Å²) in [5, 5.41) is 0. The Balaban J connectivity index is 2.00. The van der Waals surface area contributed by atoms with Gasteiger partial charge in [0.05, 0.1) is 6.10 Å². The van der Waals surface area contributed by atoms with Crippen molar-refractivity contribution in [2.24, 2.45) is 0 Å². The van der Waals surface area contributed by atoms with Crippen LogP contribution in [0.3, 0.4) is 0 Å². The molecule has 0 spiro atoms. The first-order valence-corrected chi connectivity index (χ1v) is 5.55. The van der Waals surface area contributed by atoms with E-state index in [0.29, 0.717) is 12.8 Å². The van der Waals surface area contributed by atoms with Crippen molar-refractivity contribution in [3.8, 4) is 0 Å². The minimum absolute atomic E-state index is 0.0642. The number of nitrogen functional groups attached to an aromatic ring is 1. The number of hydrogen-bond donors (Lipinski definition) is 1. The van der Waals surface area contributed by atoms with E-state index in [9.17, 15) is 9.59 Å². The van der Waals surface area contributed by atoms with Gasteiger partial charge in [0.25, 0.3) is 0 Å². The number of ether oxygens (including phenoxy) is 2. The van der Waals surface area contributed by atoms with Gasteiger partial charge in [0, 0.05) is 6.92 Å². The second-order valence-electron chi connectivity index (χ2n) is 4.00. The van der Waals surface area contributed by atoms with Gasteiger partial charge in [-0.25, -0.2) is 9.78 Å². The van der Waals surface area contributed by atoms with Crippen molar-refractivity contribution >= 4 is 11.9 Å². The Morgan fingerprint density at radius 3 is 3.11 bits per heavy atom. The molecule has 0 aliphatic carbocycles. The van der Waals surface area contributed by atoms with Crippen LogP contribution < -0.4 is 11.4 Å². The fourth-order valence-corrected chi connectivity index (χ4v) is 1.78. The number of nitrogens with zero attached hydrogens (tertiary/aromatic N) is 3. The molecule has 0 aromatic carbocycles. The summed E-state index contributed by atoms with van der Waals surface area (Å²) in [4.78, 5) is 29.5. The quantitative estimate of drug-likeness (QED) is 0.721. The molecule has 0 bridgehead atoms. The van der Waals surface area contributed by atoms with Gasteiger partial charge in [0.1, 0.15) is 19.2 Å². The summed E-state index contributed by atoms with van der Waals surface area (Å²) in [6.07, 6.45) is 2.01. The molecule has 1 fully saturated rings. The van der Waals surface area contributed by atoms with Gasteiger partial charge in [0.15, 0.2) is 0 Å². The molecule has 0 amide bonds. The van der Waals surface area contributed by atoms with Crippen LogP contribution >= 0.6 is 0 Å². The lowest BCUT2D eigenvalue weighted by molar-refractivity contribution is -0.145. The van der Waals surface area contributed by atoms with Crippen molar-refractivity contribution in [2.75, 3.05) is 12.3 Å². The molecule has 1 aromatic rings. The zero-order valence-corrected chi connectivity index (χ0v) is 9.91. The third-order valence-corrected chi connectivity index (χ3v) is 2.61. The highest BCUT2D eigenvalue weighted by molar-refractivity contribution is 5.65. The highest BCUT2D eigenvalue weighted by Gasteiger charge is 2.28. The first-order chi connectivity index (χ1) is 8.56. The Morgan fingerprint density at radius 1 is 1.67 bits per heavy atom. The van der Waals surface area contributed by atoms with Crippen molar-refractivity contribution in [1.82, 2.24) is 14.5 Å². The zero-order valence-electron chi connectivity index (χ0n) is 9.91. The summed E-state index contributed by atoms with van der Waals surface area (Å²) in [7, 11) is 0. The van der Waals surface area contributed by atoms with Gasteiger partial charge in [-0.15, -0.1) is 0 Å². The van der Waals surface area contributed by atoms with Gasteiger partial charge >= 0.3 is 11.7 Å². The number of hydrogen-bond acceptors (Lipinski definition) is 7. The molecule has 2 N–H and O–H groups in total. The van der Waals surface area contributed by atoms with Crippen LogP contribution in [0, 0.1) is 0 Å². The topological polar surface area (TPSA) is 109 Å². The van der Waals surface area contributed by atoms with Crippen molar-refractivity contribution in [2.45, 2.75) is 32.1 Å². The number of nitrogens with two attached hydrogens (primary N) is 1. The molecule has 0 saturated carbocycles. The molecule has 98 valence electrons. The average Bonchev–Trinajstić information content (AvgIpc) is 2.75. The Labute approximate surface area is 103 Å². The van der Waals surface area contributed by atoms with E-state index in [4.69, 9.17) is 15.2 Å². The number of aromatic nitrogens is 3. The van der Waals surface area contributed by atoms with Crippen LogP contribution in [-0.2, 0) is 14.3 Å². The number of carbonyl (C=O) groups is 1. The van der Waals surface area contributed by atoms with Gasteiger partial charge < -0.3 is 15.2 Å². The maximum Gasteiger partial charge on any atom is 0.354 e. The molecule has 1 aliphatic heterocycles. The molecule has 18 heavy (non-hydrogen) atoms. The zero-order chi connectivity index (χ0) is 13.1. The molecule has 2 rings (SSSR count). The van der Waals surface area contributed by atoms with Crippen LogP contribution in [0.15, 0.2) is 11.1 Å². The predicted molar refractivity (Wildman–Crippen MR) is 60.5 cm³/mol. The maximum atomic E-state index is 11.6. The summed E-state index contributed by atoms with van der Waals surface area (Å²) >= 11 is 0. The van der Waals surface area contributed by atoms with E-state index in [1.807, 2.05) is 0 Å². The van der Waals surface area contributed by atoms with E-state index in [1.165, 1.54) is 17.8 Å². The minimum atomic E-state index is -0.499. The van der Waals surface area contributed by atoms with Crippen molar-refractivity contribution in [3.63, 3.8) is 0 Å². The Hall–Kier alpha value is -1.96. The van der Waals surface area contributed by atoms with Crippen LogP contribution in [-0.4, -0.2) is 33.2 Å². The Morgan fingerprint density at radius 2 is 2.44 bits per heavy atom. The second kappa shape index (κ2) is 5.13. The monoisotopic (exact) mass is 254 g/mol.